The molecule has 7 heteroatoms. The maximum atomic E-state index is 12.5. The van der Waals surface area contributed by atoms with Crippen molar-refractivity contribution in [2.45, 2.75) is 36.8 Å². The molecule has 0 spiro atoms. The molecule has 5 nitrogen and oxygen atoms in total. The molecule has 21 heavy (non-hydrogen) atoms. The van der Waals surface area contributed by atoms with Crippen molar-refractivity contribution in [3.63, 3.8) is 0 Å². The molecule has 1 fully saturated rings. The molecular weight excluding hydrogens is 312 g/mol. The highest BCUT2D eigenvalue weighted by molar-refractivity contribution is 7.89. The van der Waals surface area contributed by atoms with Crippen LogP contribution in [-0.4, -0.2) is 39.0 Å². The van der Waals surface area contributed by atoms with Gasteiger partial charge in [0.15, 0.2) is 0 Å². The molecule has 1 aliphatic heterocycles. The van der Waals surface area contributed by atoms with Crippen LogP contribution in [0.25, 0.3) is 0 Å². The van der Waals surface area contributed by atoms with E-state index in [4.69, 9.17) is 22.1 Å². The fraction of sp³-hybridized carbons (Fsp3) is 0.571. The normalized spacial score (nSPS) is 19.9. The molecule has 1 unspecified atom stereocenters. The number of sulfonamides is 1. The van der Waals surface area contributed by atoms with Gasteiger partial charge in [-0.1, -0.05) is 17.7 Å². The molecule has 0 aromatic heterocycles. The van der Waals surface area contributed by atoms with Crippen LogP contribution < -0.4 is 5.73 Å². The highest BCUT2D eigenvalue weighted by Gasteiger charge is 2.25. The summed E-state index contributed by atoms with van der Waals surface area (Å²) < 4.78 is 32.0. The fourth-order valence-corrected chi connectivity index (χ4v) is 3.92. The average Bonchev–Trinajstić information content (AvgIpc) is 2.48. The second-order valence-corrected chi connectivity index (χ2v) is 7.68. The lowest BCUT2D eigenvalue weighted by Gasteiger charge is -2.27. The van der Waals surface area contributed by atoms with Gasteiger partial charge >= 0.3 is 0 Å². The van der Waals surface area contributed by atoms with Crippen LogP contribution in [0.5, 0.6) is 0 Å². The summed E-state index contributed by atoms with van der Waals surface area (Å²) in [5, 5.41) is 0.376. The van der Waals surface area contributed by atoms with E-state index in [-0.39, 0.29) is 17.5 Å². The van der Waals surface area contributed by atoms with Crippen LogP contribution >= 0.6 is 11.6 Å². The Morgan fingerprint density at radius 1 is 1.43 bits per heavy atom. The van der Waals surface area contributed by atoms with E-state index in [1.54, 1.807) is 19.2 Å². The molecule has 0 bridgehead atoms. The van der Waals surface area contributed by atoms with Crippen molar-refractivity contribution >= 4 is 21.6 Å². The largest absolute Gasteiger partial charge is 0.377 e. The lowest BCUT2D eigenvalue weighted by molar-refractivity contribution is 0.00858. The number of rotatable bonds is 5. The van der Waals surface area contributed by atoms with Gasteiger partial charge in [0.2, 0.25) is 10.0 Å². The SMILES string of the molecule is CN(CC1CCCCO1)S(=O)(=O)c1ccc(CN)c(Cl)c1. The molecule has 0 saturated carbocycles. The van der Waals surface area contributed by atoms with Gasteiger partial charge in [-0.2, -0.15) is 4.31 Å². The average molecular weight is 333 g/mol. The highest BCUT2D eigenvalue weighted by Crippen LogP contribution is 2.23. The van der Waals surface area contributed by atoms with Crippen molar-refractivity contribution in [1.29, 1.82) is 0 Å². The Hall–Kier alpha value is -0.660. The maximum absolute atomic E-state index is 12.5. The zero-order valence-electron chi connectivity index (χ0n) is 12.1. The molecule has 1 aromatic rings. The van der Waals surface area contributed by atoms with Crippen molar-refractivity contribution in [3.05, 3.63) is 28.8 Å². The second-order valence-electron chi connectivity index (χ2n) is 5.23. The molecule has 1 aliphatic rings. The summed E-state index contributed by atoms with van der Waals surface area (Å²) in [5.41, 5.74) is 6.26. The third-order valence-corrected chi connectivity index (χ3v) is 5.86. The highest BCUT2D eigenvalue weighted by atomic mass is 35.5. The Bertz CT molecular complexity index is 586. The molecule has 118 valence electrons. The number of hydrogen-bond acceptors (Lipinski definition) is 4. The minimum Gasteiger partial charge on any atom is -0.377 e. The Kier molecular flexibility index (Phi) is 5.62. The number of hydrogen-bond donors (Lipinski definition) is 1. The Balaban J connectivity index is 2.14. The molecular formula is C14H21ClN2O3S. The third kappa shape index (κ3) is 3.96. The smallest absolute Gasteiger partial charge is 0.242 e. The Labute approximate surface area is 131 Å². The zero-order chi connectivity index (χ0) is 15.5. The number of nitrogens with zero attached hydrogens (tertiary/aromatic N) is 1. The summed E-state index contributed by atoms with van der Waals surface area (Å²) >= 11 is 6.04. The number of likely N-dealkylation sites (N-methyl/N-ethyl adjacent to an activating group) is 1. The summed E-state index contributed by atoms with van der Waals surface area (Å²) in [5.74, 6) is 0. The predicted molar refractivity (Wildman–Crippen MR) is 82.8 cm³/mol. The molecule has 0 aliphatic carbocycles. The first-order valence-corrected chi connectivity index (χ1v) is 8.83. The van der Waals surface area contributed by atoms with Gasteiger partial charge in [-0.15, -0.1) is 0 Å². The second kappa shape index (κ2) is 7.07. The minimum absolute atomic E-state index is 0.0303. The van der Waals surface area contributed by atoms with E-state index in [9.17, 15) is 8.42 Å². The van der Waals surface area contributed by atoms with Gasteiger partial charge in [0, 0.05) is 31.8 Å². The monoisotopic (exact) mass is 332 g/mol. The minimum atomic E-state index is -3.56. The Morgan fingerprint density at radius 3 is 2.76 bits per heavy atom. The first-order chi connectivity index (χ1) is 9.95. The standard InChI is InChI=1S/C14H21ClN2O3S/c1-17(10-12-4-2-3-7-20-12)21(18,19)13-6-5-11(9-16)14(15)8-13/h5-6,8,12H,2-4,7,9-10,16H2,1H3. The molecule has 1 saturated heterocycles. The number of nitrogens with two attached hydrogens (primary N) is 1. The first kappa shape index (κ1) is 16.7. The van der Waals surface area contributed by atoms with Gasteiger partial charge in [-0.05, 0) is 37.0 Å². The molecule has 0 amide bonds. The van der Waals surface area contributed by atoms with Crippen LogP contribution in [0.2, 0.25) is 5.02 Å². The van der Waals surface area contributed by atoms with E-state index in [1.165, 1.54) is 10.4 Å². The van der Waals surface area contributed by atoms with Crippen molar-refractivity contribution in [1.82, 2.24) is 4.31 Å². The van der Waals surface area contributed by atoms with Crippen LogP contribution in [0.1, 0.15) is 24.8 Å². The van der Waals surface area contributed by atoms with Crippen LogP contribution in [0.3, 0.4) is 0 Å². The van der Waals surface area contributed by atoms with E-state index in [2.05, 4.69) is 0 Å². The number of halogens is 1. The summed E-state index contributed by atoms with van der Waals surface area (Å²) in [6.07, 6.45) is 2.99. The van der Waals surface area contributed by atoms with Gasteiger partial charge in [0.25, 0.3) is 0 Å². The Morgan fingerprint density at radius 2 is 2.19 bits per heavy atom. The third-order valence-electron chi connectivity index (χ3n) is 3.69. The summed E-state index contributed by atoms with van der Waals surface area (Å²) in [7, 11) is -1.99. The van der Waals surface area contributed by atoms with Crippen LogP contribution in [0.4, 0.5) is 0 Å². The van der Waals surface area contributed by atoms with Crippen molar-refractivity contribution in [2.75, 3.05) is 20.2 Å². The van der Waals surface area contributed by atoms with E-state index in [0.29, 0.717) is 18.2 Å². The summed E-state index contributed by atoms with van der Waals surface area (Å²) in [6, 6.07) is 4.65. The van der Waals surface area contributed by atoms with Crippen molar-refractivity contribution in [2.24, 2.45) is 5.73 Å². The molecule has 2 N–H and O–H groups in total. The van der Waals surface area contributed by atoms with Gasteiger partial charge in [-0.25, -0.2) is 8.42 Å². The first-order valence-electron chi connectivity index (χ1n) is 7.01. The van der Waals surface area contributed by atoms with E-state index in [1.807, 2.05) is 0 Å². The predicted octanol–water partition coefficient (Wildman–Crippen LogP) is 1.99. The summed E-state index contributed by atoms with van der Waals surface area (Å²) in [6.45, 7) is 1.35. The van der Waals surface area contributed by atoms with E-state index >= 15 is 0 Å². The van der Waals surface area contributed by atoms with E-state index in [0.717, 1.165) is 24.8 Å². The van der Waals surface area contributed by atoms with E-state index < -0.39 is 10.0 Å². The van der Waals surface area contributed by atoms with Crippen molar-refractivity contribution < 1.29 is 13.2 Å². The lowest BCUT2D eigenvalue weighted by atomic mass is 10.1. The van der Waals surface area contributed by atoms with Gasteiger partial charge in [0.1, 0.15) is 0 Å². The molecule has 1 aromatic carbocycles. The zero-order valence-corrected chi connectivity index (χ0v) is 13.7. The number of benzene rings is 1. The summed E-state index contributed by atoms with van der Waals surface area (Å²) in [4.78, 5) is 0.183. The molecule has 2 rings (SSSR count). The van der Waals surface area contributed by atoms with Crippen LogP contribution in [0, 0.1) is 0 Å². The molecule has 1 heterocycles. The molecule has 1 atom stereocenters. The van der Waals surface area contributed by atoms with Gasteiger partial charge < -0.3 is 10.5 Å². The maximum Gasteiger partial charge on any atom is 0.242 e. The van der Waals surface area contributed by atoms with Crippen LogP contribution in [0.15, 0.2) is 23.1 Å². The lowest BCUT2D eigenvalue weighted by Crippen LogP contribution is -2.37. The van der Waals surface area contributed by atoms with Gasteiger partial charge in [0.05, 0.1) is 11.0 Å². The fourth-order valence-electron chi connectivity index (χ4n) is 2.37. The number of ether oxygens (including phenoxy) is 1. The molecule has 0 radical (unpaired) electrons. The van der Waals surface area contributed by atoms with Crippen LogP contribution in [-0.2, 0) is 21.3 Å². The quantitative estimate of drug-likeness (QED) is 0.895. The topological polar surface area (TPSA) is 72.6 Å². The van der Waals surface area contributed by atoms with Gasteiger partial charge in [-0.3, -0.25) is 0 Å². The van der Waals surface area contributed by atoms with Crippen molar-refractivity contribution in [3.8, 4) is 0 Å².